The van der Waals surface area contributed by atoms with E-state index in [9.17, 15) is 0 Å². The SMILES string of the molecule is CC(C)Nc1ccc(-c2nn[nH]n2)cc1. The second-order valence-electron chi connectivity index (χ2n) is 3.61. The van der Waals surface area contributed by atoms with E-state index < -0.39 is 0 Å². The molecule has 2 N–H and O–H groups in total. The van der Waals surface area contributed by atoms with Gasteiger partial charge in [-0.05, 0) is 43.3 Å². The molecule has 0 unspecified atom stereocenters. The number of H-pyrrole nitrogens is 1. The predicted molar refractivity (Wildman–Crippen MR) is 58.4 cm³/mol. The van der Waals surface area contributed by atoms with Crippen LogP contribution in [-0.4, -0.2) is 26.7 Å². The Labute approximate surface area is 87.9 Å². The Hall–Kier alpha value is -1.91. The van der Waals surface area contributed by atoms with Gasteiger partial charge in [0.05, 0.1) is 0 Å². The van der Waals surface area contributed by atoms with Gasteiger partial charge in [-0.25, -0.2) is 0 Å². The lowest BCUT2D eigenvalue weighted by Crippen LogP contribution is -2.09. The molecular formula is C10H13N5. The van der Waals surface area contributed by atoms with E-state index in [1.807, 2.05) is 24.3 Å². The molecule has 0 aliphatic carbocycles. The zero-order valence-corrected chi connectivity index (χ0v) is 8.73. The first-order valence-electron chi connectivity index (χ1n) is 4.86. The highest BCUT2D eigenvalue weighted by atomic mass is 15.5. The van der Waals surface area contributed by atoms with Gasteiger partial charge in [-0.2, -0.15) is 5.21 Å². The summed E-state index contributed by atoms with van der Waals surface area (Å²) < 4.78 is 0. The Morgan fingerprint density at radius 1 is 1.20 bits per heavy atom. The van der Waals surface area contributed by atoms with Crippen molar-refractivity contribution in [1.82, 2.24) is 20.6 Å². The number of hydrogen-bond donors (Lipinski definition) is 2. The van der Waals surface area contributed by atoms with E-state index in [1.54, 1.807) is 0 Å². The number of rotatable bonds is 3. The van der Waals surface area contributed by atoms with Crippen LogP contribution >= 0.6 is 0 Å². The average molecular weight is 203 g/mol. The summed E-state index contributed by atoms with van der Waals surface area (Å²) in [7, 11) is 0. The molecule has 0 saturated heterocycles. The first-order valence-corrected chi connectivity index (χ1v) is 4.86. The minimum atomic E-state index is 0.432. The summed E-state index contributed by atoms with van der Waals surface area (Å²) in [5.74, 6) is 0.617. The summed E-state index contributed by atoms with van der Waals surface area (Å²) in [6.07, 6.45) is 0. The van der Waals surface area contributed by atoms with Crippen molar-refractivity contribution in [2.45, 2.75) is 19.9 Å². The maximum atomic E-state index is 3.91. The van der Waals surface area contributed by atoms with Crippen LogP contribution in [0.25, 0.3) is 11.4 Å². The topological polar surface area (TPSA) is 66.5 Å². The van der Waals surface area contributed by atoms with Crippen LogP contribution in [0, 0.1) is 0 Å². The molecule has 2 rings (SSSR count). The zero-order chi connectivity index (χ0) is 10.7. The maximum absolute atomic E-state index is 3.91. The molecule has 0 aliphatic rings. The zero-order valence-electron chi connectivity index (χ0n) is 8.73. The van der Waals surface area contributed by atoms with Crippen LogP contribution in [0.5, 0.6) is 0 Å². The van der Waals surface area contributed by atoms with Crippen LogP contribution in [-0.2, 0) is 0 Å². The fourth-order valence-electron chi connectivity index (χ4n) is 1.33. The van der Waals surface area contributed by atoms with Gasteiger partial charge >= 0.3 is 0 Å². The van der Waals surface area contributed by atoms with Crippen molar-refractivity contribution in [1.29, 1.82) is 0 Å². The Morgan fingerprint density at radius 2 is 1.93 bits per heavy atom. The van der Waals surface area contributed by atoms with Crippen LogP contribution in [0.15, 0.2) is 24.3 Å². The van der Waals surface area contributed by atoms with Crippen LogP contribution in [0.1, 0.15) is 13.8 Å². The van der Waals surface area contributed by atoms with Crippen molar-refractivity contribution in [2.24, 2.45) is 0 Å². The Bertz CT molecular complexity index is 404. The van der Waals surface area contributed by atoms with Crippen molar-refractivity contribution >= 4 is 5.69 Å². The molecule has 78 valence electrons. The van der Waals surface area contributed by atoms with E-state index in [4.69, 9.17) is 0 Å². The van der Waals surface area contributed by atoms with Gasteiger partial charge in [0.1, 0.15) is 0 Å². The predicted octanol–water partition coefficient (Wildman–Crippen LogP) is 1.69. The average Bonchev–Trinajstić information content (AvgIpc) is 2.71. The van der Waals surface area contributed by atoms with Gasteiger partial charge in [-0.3, -0.25) is 0 Å². The molecule has 1 heterocycles. The highest BCUT2D eigenvalue weighted by Gasteiger charge is 2.02. The van der Waals surface area contributed by atoms with Crippen molar-refractivity contribution < 1.29 is 0 Å². The Kier molecular flexibility index (Phi) is 2.62. The first-order chi connectivity index (χ1) is 7.25. The molecule has 1 aromatic carbocycles. The fourth-order valence-corrected chi connectivity index (χ4v) is 1.33. The molecule has 1 aromatic heterocycles. The fraction of sp³-hybridized carbons (Fsp3) is 0.300. The van der Waals surface area contributed by atoms with Gasteiger partial charge in [0.2, 0.25) is 5.82 Å². The molecule has 0 saturated carbocycles. The summed E-state index contributed by atoms with van der Waals surface area (Å²) in [5, 5.41) is 17.1. The lowest BCUT2D eigenvalue weighted by atomic mass is 10.2. The summed E-state index contributed by atoms with van der Waals surface area (Å²) in [6, 6.07) is 8.38. The monoisotopic (exact) mass is 203 g/mol. The molecule has 0 aliphatic heterocycles. The van der Waals surface area contributed by atoms with Gasteiger partial charge in [0, 0.05) is 17.3 Å². The van der Waals surface area contributed by atoms with E-state index in [0.717, 1.165) is 11.3 Å². The molecule has 0 bridgehead atoms. The number of tetrazole rings is 1. The Balaban J connectivity index is 2.17. The van der Waals surface area contributed by atoms with Gasteiger partial charge in [-0.15, -0.1) is 10.2 Å². The number of hydrogen-bond acceptors (Lipinski definition) is 4. The van der Waals surface area contributed by atoms with Crippen LogP contribution < -0.4 is 5.32 Å². The van der Waals surface area contributed by atoms with Crippen LogP contribution in [0.3, 0.4) is 0 Å². The summed E-state index contributed by atoms with van der Waals surface area (Å²) in [6.45, 7) is 4.21. The Morgan fingerprint density at radius 3 is 2.47 bits per heavy atom. The van der Waals surface area contributed by atoms with E-state index in [2.05, 4.69) is 39.8 Å². The van der Waals surface area contributed by atoms with E-state index >= 15 is 0 Å². The molecule has 15 heavy (non-hydrogen) atoms. The molecule has 0 spiro atoms. The maximum Gasteiger partial charge on any atom is 0.204 e. The molecule has 0 amide bonds. The molecule has 0 atom stereocenters. The molecule has 0 fully saturated rings. The van der Waals surface area contributed by atoms with E-state index in [-0.39, 0.29) is 0 Å². The number of benzene rings is 1. The second-order valence-corrected chi connectivity index (χ2v) is 3.61. The molecular weight excluding hydrogens is 190 g/mol. The van der Waals surface area contributed by atoms with E-state index in [0.29, 0.717) is 11.9 Å². The number of nitrogens with zero attached hydrogens (tertiary/aromatic N) is 3. The van der Waals surface area contributed by atoms with Gasteiger partial charge in [0.25, 0.3) is 0 Å². The first kappa shape index (κ1) is 9.64. The molecule has 5 heteroatoms. The van der Waals surface area contributed by atoms with Crippen molar-refractivity contribution in [3.63, 3.8) is 0 Å². The van der Waals surface area contributed by atoms with Crippen LogP contribution in [0.4, 0.5) is 5.69 Å². The smallest absolute Gasteiger partial charge is 0.204 e. The third-order valence-corrected chi connectivity index (χ3v) is 1.94. The summed E-state index contributed by atoms with van der Waals surface area (Å²) in [5.41, 5.74) is 2.05. The molecule has 5 nitrogen and oxygen atoms in total. The number of nitrogens with one attached hydrogen (secondary N) is 2. The van der Waals surface area contributed by atoms with Crippen molar-refractivity contribution in [3.05, 3.63) is 24.3 Å². The number of aromatic amines is 1. The highest BCUT2D eigenvalue weighted by Crippen LogP contribution is 2.17. The number of anilines is 1. The van der Waals surface area contributed by atoms with Gasteiger partial charge in [-0.1, -0.05) is 0 Å². The van der Waals surface area contributed by atoms with Crippen molar-refractivity contribution in [2.75, 3.05) is 5.32 Å². The minimum absolute atomic E-state index is 0.432. The summed E-state index contributed by atoms with van der Waals surface area (Å²) >= 11 is 0. The third-order valence-electron chi connectivity index (χ3n) is 1.94. The standard InChI is InChI=1S/C10H13N5/c1-7(2)11-9-5-3-8(4-6-9)10-12-14-15-13-10/h3-7,11H,1-2H3,(H,12,13,14,15). The van der Waals surface area contributed by atoms with E-state index in [1.165, 1.54) is 0 Å². The van der Waals surface area contributed by atoms with Gasteiger partial charge < -0.3 is 5.32 Å². The van der Waals surface area contributed by atoms with Crippen molar-refractivity contribution in [3.8, 4) is 11.4 Å². The van der Waals surface area contributed by atoms with Gasteiger partial charge in [0.15, 0.2) is 0 Å². The lowest BCUT2D eigenvalue weighted by molar-refractivity contribution is 0.881. The van der Waals surface area contributed by atoms with Crippen LogP contribution in [0.2, 0.25) is 0 Å². The summed E-state index contributed by atoms with van der Waals surface area (Å²) in [4.78, 5) is 0. The third kappa shape index (κ3) is 2.31. The second kappa shape index (κ2) is 4.08. The molecule has 0 radical (unpaired) electrons. The minimum Gasteiger partial charge on any atom is -0.383 e. The largest absolute Gasteiger partial charge is 0.383 e. The lowest BCUT2D eigenvalue weighted by Gasteiger charge is -2.09. The normalized spacial score (nSPS) is 10.6. The molecule has 2 aromatic rings. The highest BCUT2D eigenvalue weighted by molar-refractivity contribution is 5.59. The quantitative estimate of drug-likeness (QED) is 0.796. The number of aromatic nitrogens is 4.